The lowest BCUT2D eigenvalue weighted by Gasteiger charge is -2.24. The Hall–Kier alpha value is -0.804. The monoisotopic (exact) mass is 258 g/mol. The van der Waals surface area contributed by atoms with Crippen LogP contribution in [0.1, 0.15) is 0 Å². The smallest absolute Gasteiger partial charge is 0.408 e. The van der Waals surface area contributed by atoms with Crippen molar-refractivity contribution in [1.29, 1.82) is 0 Å². The van der Waals surface area contributed by atoms with Gasteiger partial charge in [-0.1, -0.05) is 36.4 Å². The molecule has 1 N–H and O–H groups in total. The van der Waals surface area contributed by atoms with Crippen molar-refractivity contribution >= 4 is 36.0 Å². The molecule has 0 radical (unpaired) electrons. The Morgan fingerprint density at radius 3 is 2.29 bits per heavy atom. The van der Waals surface area contributed by atoms with E-state index in [1.165, 1.54) is 0 Å². The first-order valence-corrected chi connectivity index (χ1v) is 6.48. The van der Waals surface area contributed by atoms with Gasteiger partial charge in [0.05, 0.1) is 5.30 Å². The van der Waals surface area contributed by atoms with Crippen LogP contribution in [0.2, 0.25) is 0 Å². The van der Waals surface area contributed by atoms with Gasteiger partial charge in [0, 0.05) is 11.1 Å². The second-order valence-corrected chi connectivity index (χ2v) is 5.33. The minimum absolute atomic E-state index is 0. The maximum absolute atomic E-state index is 12.0. The van der Waals surface area contributed by atoms with Crippen molar-refractivity contribution in [1.82, 2.24) is 0 Å². The SMILES string of the molecule is O=P1(O)Oc2ccccc2-c2ccccc21.[MgH2]. The molecule has 1 aliphatic heterocycles. The molecule has 1 unspecified atom stereocenters. The van der Waals surface area contributed by atoms with Gasteiger partial charge in [0.15, 0.2) is 0 Å². The van der Waals surface area contributed by atoms with Crippen molar-refractivity contribution < 1.29 is 14.0 Å². The molecule has 0 spiro atoms. The van der Waals surface area contributed by atoms with Crippen molar-refractivity contribution in [2.45, 2.75) is 0 Å². The van der Waals surface area contributed by atoms with Gasteiger partial charge in [-0.25, -0.2) is 4.57 Å². The molecule has 2 aromatic rings. The molecule has 0 aliphatic carbocycles. The van der Waals surface area contributed by atoms with Gasteiger partial charge in [0.25, 0.3) is 0 Å². The summed E-state index contributed by atoms with van der Waals surface area (Å²) in [4.78, 5) is 9.81. The van der Waals surface area contributed by atoms with Crippen LogP contribution in [0.5, 0.6) is 5.75 Å². The standard InChI is InChI=1S/C12H9O3P.Mg.2H/c13-16(14)12-8-4-2-6-10(12)9-5-1-3-7-11(9)15-16;;;/h1-8H,(H,13,14);;;. The average Bonchev–Trinajstić information content (AvgIpc) is 2.29. The third-order valence-corrected chi connectivity index (χ3v) is 4.05. The second-order valence-electron chi connectivity index (χ2n) is 3.63. The molecule has 84 valence electrons. The van der Waals surface area contributed by atoms with Gasteiger partial charge >= 0.3 is 30.6 Å². The molecule has 3 rings (SSSR count). The molecule has 0 fully saturated rings. The topological polar surface area (TPSA) is 46.5 Å². The lowest BCUT2D eigenvalue weighted by molar-refractivity contribution is 0.392. The Bertz CT molecular complexity index is 612. The number of benzene rings is 2. The fourth-order valence-corrected chi connectivity index (χ4v) is 3.20. The molecule has 0 aromatic heterocycles. The van der Waals surface area contributed by atoms with Crippen molar-refractivity contribution in [3.05, 3.63) is 48.5 Å². The van der Waals surface area contributed by atoms with Crippen LogP contribution in [0.3, 0.4) is 0 Å². The molecule has 1 heterocycles. The summed E-state index contributed by atoms with van der Waals surface area (Å²) >= 11 is 0. The Morgan fingerprint density at radius 2 is 1.53 bits per heavy atom. The van der Waals surface area contributed by atoms with Crippen molar-refractivity contribution in [2.75, 3.05) is 0 Å². The van der Waals surface area contributed by atoms with Gasteiger partial charge in [-0.15, -0.1) is 0 Å². The van der Waals surface area contributed by atoms with Crippen LogP contribution >= 0.6 is 7.60 Å². The minimum Gasteiger partial charge on any atom is -0.421 e. The predicted octanol–water partition coefficient (Wildman–Crippen LogP) is 1.64. The Balaban J connectivity index is 0.00000108. The number of hydrogen-bond donors (Lipinski definition) is 1. The summed E-state index contributed by atoms with van der Waals surface area (Å²) in [7, 11) is -3.71. The van der Waals surface area contributed by atoms with Crippen LogP contribution in [0.4, 0.5) is 0 Å². The summed E-state index contributed by atoms with van der Waals surface area (Å²) in [6, 6.07) is 14.3. The highest BCUT2D eigenvalue weighted by Gasteiger charge is 2.33. The number of fused-ring (bicyclic) bond motifs is 3. The molecule has 0 saturated heterocycles. The third kappa shape index (κ3) is 2.02. The highest BCUT2D eigenvalue weighted by Crippen LogP contribution is 2.51. The molecule has 1 atom stereocenters. The van der Waals surface area contributed by atoms with Crippen LogP contribution in [-0.2, 0) is 4.57 Å². The molecular formula is C12H11MgO3P. The zero-order valence-electron chi connectivity index (χ0n) is 8.33. The zero-order valence-corrected chi connectivity index (χ0v) is 9.22. The van der Waals surface area contributed by atoms with E-state index in [2.05, 4.69) is 0 Å². The first-order chi connectivity index (χ1) is 7.68. The highest BCUT2D eigenvalue weighted by atomic mass is 31.2. The quantitative estimate of drug-likeness (QED) is 0.577. The van der Waals surface area contributed by atoms with E-state index in [-0.39, 0.29) is 23.1 Å². The molecule has 5 heteroatoms. The lowest BCUT2D eigenvalue weighted by atomic mass is 10.0. The lowest BCUT2D eigenvalue weighted by Crippen LogP contribution is -2.16. The van der Waals surface area contributed by atoms with Crippen LogP contribution in [0.15, 0.2) is 48.5 Å². The average molecular weight is 258 g/mol. The van der Waals surface area contributed by atoms with Crippen LogP contribution in [0, 0.1) is 0 Å². The molecule has 17 heavy (non-hydrogen) atoms. The van der Waals surface area contributed by atoms with E-state index < -0.39 is 7.60 Å². The van der Waals surface area contributed by atoms with Crippen molar-refractivity contribution in [2.24, 2.45) is 0 Å². The fraction of sp³-hybridized carbons (Fsp3) is 0. The first kappa shape index (κ1) is 12.6. The van der Waals surface area contributed by atoms with Crippen molar-refractivity contribution in [3.63, 3.8) is 0 Å². The molecule has 3 nitrogen and oxygen atoms in total. The van der Waals surface area contributed by atoms with Gasteiger partial charge < -0.3 is 9.42 Å². The Kier molecular flexibility index (Phi) is 3.32. The zero-order chi connectivity index (χ0) is 11.2. The van der Waals surface area contributed by atoms with E-state index >= 15 is 0 Å². The first-order valence-electron chi connectivity index (χ1n) is 4.90. The normalized spacial score (nSPS) is 20.5. The number of hydrogen-bond acceptors (Lipinski definition) is 2. The number of rotatable bonds is 0. The summed E-state index contributed by atoms with van der Waals surface area (Å²) in [5, 5.41) is 0.369. The minimum atomic E-state index is -3.71. The summed E-state index contributed by atoms with van der Waals surface area (Å²) in [5.74, 6) is 0.465. The van der Waals surface area contributed by atoms with Gasteiger partial charge in [-0.05, 0) is 12.1 Å². The molecule has 0 bridgehead atoms. The summed E-state index contributed by atoms with van der Waals surface area (Å²) < 4.78 is 17.1. The van der Waals surface area contributed by atoms with Gasteiger partial charge in [-0.3, -0.25) is 0 Å². The van der Waals surface area contributed by atoms with E-state index in [1.54, 1.807) is 24.3 Å². The van der Waals surface area contributed by atoms with Crippen LogP contribution in [-0.4, -0.2) is 27.9 Å². The Labute approximate surface area is 115 Å². The summed E-state index contributed by atoms with van der Waals surface area (Å²) in [6.07, 6.45) is 0. The van der Waals surface area contributed by atoms with E-state index in [0.717, 1.165) is 11.1 Å². The number of para-hydroxylation sites is 1. The van der Waals surface area contributed by atoms with Gasteiger partial charge in [0.1, 0.15) is 5.75 Å². The van der Waals surface area contributed by atoms with E-state index in [0.29, 0.717) is 11.1 Å². The van der Waals surface area contributed by atoms with Crippen LogP contribution < -0.4 is 9.83 Å². The van der Waals surface area contributed by atoms with E-state index in [1.807, 2.05) is 24.3 Å². The van der Waals surface area contributed by atoms with Gasteiger partial charge in [-0.2, -0.15) is 0 Å². The molecular weight excluding hydrogens is 247 g/mol. The predicted molar refractivity (Wildman–Crippen MR) is 70.5 cm³/mol. The van der Waals surface area contributed by atoms with Gasteiger partial charge in [0.2, 0.25) is 0 Å². The van der Waals surface area contributed by atoms with E-state index in [9.17, 15) is 9.46 Å². The highest BCUT2D eigenvalue weighted by molar-refractivity contribution is 7.62. The molecule has 0 saturated carbocycles. The maximum atomic E-state index is 12.0. The molecule has 1 aliphatic rings. The van der Waals surface area contributed by atoms with Crippen molar-refractivity contribution in [3.8, 4) is 16.9 Å². The second kappa shape index (κ2) is 4.46. The largest absolute Gasteiger partial charge is 0.421 e. The summed E-state index contributed by atoms with van der Waals surface area (Å²) in [6.45, 7) is 0. The maximum Gasteiger partial charge on any atom is 0.408 e. The Morgan fingerprint density at radius 1 is 0.941 bits per heavy atom. The molecule has 0 amide bonds. The summed E-state index contributed by atoms with van der Waals surface area (Å²) in [5.41, 5.74) is 1.63. The molecule has 2 aromatic carbocycles. The third-order valence-electron chi connectivity index (χ3n) is 2.61. The fourth-order valence-electron chi connectivity index (χ4n) is 1.90. The van der Waals surface area contributed by atoms with E-state index in [4.69, 9.17) is 4.52 Å². The van der Waals surface area contributed by atoms with Crippen LogP contribution in [0.25, 0.3) is 11.1 Å².